The number of rotatable bonds is 9. The van der Waals surface area contributed by atoms with Crippen molar-refractivity contribution >= 4 is 28.7 Å². The number of methoxy groups -OCH3 is 1. The summed E-state index contributed by atoms with van der Waals surface area (Å²) in [6.07, 6.45) is -2.89. The van der Waals surface area contributed by atoms with E-state index in [1.54, 1.807) is 17.6 Å². The van der Waals surface area contributed by atoms with Crippen LogP contribution in [0.1, 0.15) is 34.1 Å². The Morgan fingerprint density at radius 2 is 1.91 bits per heavy atom. The lowest BCUT2D eigenvalue weighted by atomic mass is 10.1. The third kappa shape index (κ3) is 5.00. The van der Waals surface area contributed by atoms with E-state index in [4.69, 9.17) is 10.5 Å². The Morgan fingerprint density at radius 3 is 2.53 bits per heavy atom. The summed E-state index contributed by atoms with van der Waals surface area (Å²) in [6.45, 7) is 1.36. The van der Waals surface area contributed by atoms with Crippen LogP contribution in [-0.4, -0.2) is 45.9 Å². The summed E-state index contributed by atoms with van der Waals surface area (Å²) in [4.78, 5) is 44.2. The molecule has 12 heteroatoms. The third-order valence-electron chi connectivity index (χ3n) is 5.13. The molecule has 2 N–H and O–H groups in total. The van der Waals surface area contributed by atoms with Crippen molar-refractivity contribution in [2.75, 3.05) is 13.7 Å². The van der Waals surface area contributed by atoms with Crippen molar-refractivity contribution in [1.82, 2.24) is 14.5 Å². The number of hydrogen-bond donors (Lipinski definition) is 1. The van der Waals surface area contributed by atoms with Gasteiger partial charge in [0.15, 0.2) is 6.61 Å². The smallest absolute Gasteiger partial charge is 0.416 e. The molecular weight excluding hydrogens is 457 g/mol. The van der Waals surface area contributed by atoms with Gasteiger partial charge in [-0.05, 0) is 24.5 Å². The molecule has 0 saturated heterocycles. The maximum absolute atomic E-state index is 13.1. The van der Waals surface area contributed by atoms with Gasteiger partial charge in [-0.2, -0.15) is 13.2 Å². The summed E-state index contributed by atoms with van der Waals surface area (Å²) in [7, 11) is 1.17. The van der Waals surface area contributed by atoms with Crippen molar-refractivity contribution in [3.8, 4) is 5.88 Å². The number of ketones is 1. The molecule has 0 aliphatic rings. The number of nitrogens with zero attached hydrogens (tertiary/aromatic N) is 3. The van der Waals surface area contributed by atoms with Gasteiger partial charge in [0, 0.05) is 12.2 Å². The lowest BCUT2D eigenvalue weighted by molar-refractivity contribution is -0.143. The van der Waals surface area contributed by atoms with Crippen molar-refractivity contribution in [3.05, 3.63) is 53.0 Å². The Labute approximate surface area is 191 Å². The highest BCUT2D eigenvalue weighted by Gasteiger charge is 2.31. The van der Waals surface area contributed by atoms with E-state index in [9.17, 15) is 27.6 Å². The van der Waals surface area contributed by atoms with E-state index in [0.29, 0.717) is 11.3 Å². The quantitative estimate of drug-likeness (QED) is 0.284. The second-order valence-electron chi connectivity index (χ2n) is 7.21. The standard InChI is InChI=1S/C22H21F3N4O5/c1-3-14-16(18(31)19(26)32)17-20(27-11-28-21(17)34-10-15(30)33-2)29(14)8-7-12-5-4-6-13(9-12)22(23,24)25/h4-6,9,11H,3,7-8,10H2,1-2H3,(H2,26,32). The van der Waals surface area contributed by atoms with Crippen LogP contribution in [0.25, 0.3) is 11.0 Å². The minimum Gasteiger partial charge on any atom is -0.466 e. The molecule has 0 radical (unpaired) electrons. The van der Waals surface area contributed by atoms with Gasteiger partial charge in [-0.1, -0.05) is 25.1 Å². The molecule has 34 heavy (non-hydrogen) atoms. The molecular formula is C22H21F3N4O5. The summed E-state index contributed by atoms with van der Waals surface area (Å²) < 4.78 is 50.8. The van der Waals surface area contributed by atoms with Crippen molar-refractivity contribution in [3.63, 3.8) is 0 Å². The Hall–Kier alpha value is -3.96. The molecule has 1 amide bonds. The number of amides is 1. The molecule has 0 aliphatic carbocycles. The number of halogens is 3. The topological polar surface area (TPSA) is 126 Å². The van der Waals surface area contributed by atoms with Gasteiger partial charge in [-0.3, -0.25) is 9.59 Å². The number of esters is 1. The van der Waals surface area contributed by atoms with E-state index in [1.807, 2.05) is 0 Å². The van der Waals surface area contributed by atoms with Gasteiger partial charge in [-0.15, -0.1) is 0 Å². The first-order valence-electron chi connectivity index (χ1n) is 10.1. The summed E-state index contributed by atoms with van der Waals surface area (Å²) in [5.41, 5.74) is 5.41. The lowest BCUT2D eigenvalue weighted by Crippen LogP contribution is -2.24. The Kier molecular flexibility index (Phi) is 7.18. The molecule has 0 unspecified atom stereocenters. The van der Waals surface area contributed by atoms with Crippen molar-refractivity contribution in [2.45, 2.75) is 32.5 Å². The predicted octanol–water partition coefficient (Wildman–Crippen LogP) is 2.48. The van der Waals surface area contributed by atoms with Crippen molar-refractivity contribution in [2.24, 2.45) is 5.73 Å². The number of hydrogen-bond acceptors (Lipinski definition) is 7. The second kappa shape index (κ2) is 9.89. The minimum absolute atomic E-state index is 0.0745. The predicted molar refractivity (Wildman–Crippen MR) is 113 cm³/mol. The van der Waals surface area contributed by atoms with Crippen LogP contribution in [0.3, 0.4) is 0 Å². The number of carbonyl (C=O) groups is 3. The maximum Gasteiger partial charge on any atom is 0.416 e. The highest BCUT2D eigenvalue weighted by Crippen LogP contribution is 2.33. The summed E-state index contributed by atoms with van der Waals surface area (Å²) in [6, 6.07) is 4.90. The lowest BCUT2D eigenvalue weighted by Gasteiger charge is -2.12. The number of aryl methyl sites for hydroxylation is 2. The molecule has 0 saturated carbocycles. The zero-order chi connectivity index (χ0) is 25.0. The minimum atomic E-state index is -4.48. The molecule has 9 nitrogen and oxygen atoms in total. The molecule has 3 rings (SSSR count). The van der Waals surface area contributed by atoms with E-state index in [2.05, 4.69) is 14.7 Å². The first-order chi connectivity index (χ1) is 16.1. The maximum atomic E-state index is 13.1. The number of nitrogens with two attached hydrogens (primary N) is 1. The largest absolute Gasteiger partial charge is 0.466 e. The fourth-order valence-corrected chi connectivity index (χ4v) is 3.61. The van der Waals surface area contributed by atoms with Crippen LogP contribution < -0.4 is 10.5 Å². The van der Waals surface area contributed by atoms with Gasteiger partial charge in [0.1, 0.15) is 12.0 Å². The van der Waals surface area contributed by atoms with E-state index in [1.165, 1.54) is 13.2 Å². The average molecular weight is 478 g/mol. The number of primary amides is 1. The number of aromatic nitrogens is 3. The molecule has 0 fully saturated rings. The third-order valence-corrected chi connectivity index (χ3v) is 5.13. The van der Waals surface area contributed by atoms with Crippen LogP contribution >= 0.6 is 0 Å². The van der Waals surface area contributed by atoms with Crippen LogP contribution in [-0.2, 0) is 39.9 Å². The first kappa shape index (κ1) is 24.7. The highest BCUT2D eigenvalue weighted by atomic mass is 19.4. The second-order valence-corrected chi connectivity index (χ2v) is 7.21. The SMILES string of the molecule is CCc1c(C(=O)C(N)=O)c2c(OCC(=O)OC)ncnc2n1CCc1cccc(C(F)(F)F)c1. The van der Waals surface area contributed by atoms with Crippen LogP contribution in [0.4, 0.5) is 13.2 Å². The number of fused-ring (bicyclic) bond motifs is 1. The van der Waals surface area contributed by atoms with Crippen LogP contribution in [0.5, 0.6) is 5.88 Å². The zero-order valence-corrected chi connectivity index (χ0v) is 18.3. The van der Waals surface area contributed by atoms with E-state index in [0.717, 1.165) is 18.5 Å². The monoisotopic (exact) mass is 478 g/mol. The fraction of sp³-hybridized carbons (Fsp3) is 0.318. The van der Waals surface area contributed by atoms with E-state index < -0.39 is 36.0 Å². The van der Waals surface area contributed by atoms with Crippen molar-refractivity contribution < 1.29 is 37.0 Å². The Balaban J connectivity index is 2.10. The molecule has 180 valence electrons. The fourth-order valence-electron chi connectivity index (χ4n) is 3.61. The Bertz CT molecular complexity index is 1250. The molecule has 2 heterocycles. The number of Topliss-reactive ketones (excluding diaryl/α,β-unsaturated/α-hetero) is 1. The molecule has 0 spiro atoms. The highest BCUT2D eigenvalue weighted by molar-refractivity contribution is 6.45. The van der Waals surface area contributed by atoms with Crippen LogP contribution in [0, 0.1) is 0 Å². The van der Waals surface area contributed by atoms with E-state index >= 15 is 0 Å². The first-order valence-corrected chi connectivity index (χ1v) is 10.1. The van der Waals surface area contributed by atoms with Gasteiger partial charge in [-0.25, -0.2) is 14.8 Å². The molecule has 3 aromatic rings. The molecule has 1 aromatic carbocycles. The number of carbonyl (C=O) groups excluding carboxylic acids is 3. The number of benzene rings is 1. The number of alkyl halides is 3. The number of ether oxygens (including phenoxy) is 2. The van der Waals surface area contributed by atoms with Gasteiger partial charge in [0.25, 0.3) is 11.7 Å². The van der Waals surface area contributed by atoms with Crippen LogP contribution in [0.15, 0.2) is 30.6 Å². The van der Waals surface area contributed by atoms with E-state index in [-0.39, 0.29) is 41.9 Å². The summed E-state index contributed by atoms with van der Waals surface area (Å²) >= 11 is 0. The van der Waals surface area contributed by atoms with Gasteiger partial charge in [0.2, 0.25) is 5.88 Å². The Morgan fingerprint density at radius 1 is 1.18 bits per heavy atom. The summed E-state index contributed by atoms with van der Waals surface area (Å²) in [5, 5.41) is 0.0797. The molecule has 0 atom stereocenters. The van der Waals surface area contributed by atoms with Crippen molar-refractivity contribution in [1.29, 1.82) is 0 Å². The normalized spacial score (nSPS) is 11.4. The van der Waals surface area contributed by atoms with Gasteiger partial charge < -0.3 is 19.8 Å². The molecule has 0 bridgehead atoms. The van der Waals surface area contributed by atoms with Crippen LogP contribution in [0.2, 0.25) is 0 Å². The molecule has 0 aliphatic heterocycles. The average Bonchev–Trinajstić information content (AvgIpc) is 3.13. The zero-order valence-electron chi connectivity index (χ0n) is 18.3. The molecule has 2 aromatic heterocycles. The van der Waals surface area contributed by atoms with Gasteiger partial charge in [0.05, 0.1) is 23.6 Å². The summed E-state index contributed by atoms with van der Waals surface area (Å²) in [5.74, 6) is -3.05. The van der Waals surface area contributed by atoms with Gasteiger partial charge >= 0.3 is 12.1 Å².